The summed E-state index contributed by atoms with van der Waals surface area (Å²) in [6.07, 6.45) is 0.611. The molecule has 0 saturated carbocycles. The maximum absolute atomic E-state index is 12.9. The van der Waals surface area contributed by atoms with Gasteiger partial charge in [0.2, 0.25) is 5.91 Å². The third-order valence-corrected chi connectivity index (χ3v) is 5.19. The molecule has 9 heteroatoms. The Kier molecular flexibility index (Phi) is 7.17. The fraction of sp³-hybridized carbons (Fsp3) is 0.391. The molecule has 0 bridgehead atoms. The molecule has 0 aliphatic carbocycles. The third-order valence-electron chi connectivity index (χ3n) is 5.19. The Bertz CT molecular complexity index is 1090. The molecule has 0 saturated heterocycles. The number of amides is 1. The second-order valence-corrected chi connectivity index (χ2v) is 7.63. The van der Waals surface area contributed by atoms with Crippen LogP contribution >= 0.6 is 0 Å². The van der Waals surface area contributed by atoms with Crippen LogP contribution in [0.3, 0.4) is 0 Å². The van der Waals surface area contributed by atoms with Gasteiger partial charge in [-0.15, -0.1) is 0 Å². The largest absolute Gasteiger partial charge is 0.434 e. The zero-order chi connectivity index (χ0) is 23.4. The number of alkyl halides is 2. The minimum absolute atomic E-state index is 0.0572. The van der Waals surface area contributed by atoms with Crippen LogP contribution in [0.25, 0.3) is 5.95 Å². The van der Waals surface area contributed by atoms with Crippen molar-refractivity contribution in [1.29, 1.82) is 0 Å². The first kappa shape index (κ1) is 23.3. The van der Waals surface area contributed by atoms with Gasteiger partial charge in [0.1, 0.15) is 5.75 Å². The maximum atomic E-state index is 12.9. The van der Waals surface area contributed by atoms with Gasteiger partial charge in [-0.3, -0.25) is 4.79 Å². The smallest absolute Gasteiger partial charge is 0.387 e. The van der Waals surface area contributed by atoms with E-state index < -0.39 is 12.7 Å². The van der Waals surface area contributed by atoms with Crippen LogP contribution < -0.4 is 10.1 Å². The number of carbonyl (C=O) groups excluding carboxylic acids is 1. The summed E-state index contributed by atoms with van der Waals surface area (Å²) in [6, 6.07) is 7.91. The molecule has 0 spiro atoms. The normalized spacial score (nSPS) is 12.1. The summed E-state index contributed by atoms with van der Waals surface area (Å²) in [5, 5.41) is 7.46. The van der Waals surface area contributed by atoms with Gasteiger partial charge < -0.3 is 10.1 Å². The summed E-state index contributed by atoms with van der Waals surface area (Å²) in [6.45, 7) is 6.41. The molecule has 1 N–H and O–H groups in total. The first-order valence-corrected chi connectivity index (χ1v) is 10.4. The molecule has 170 valence electrons. The third kappa shape index (κ3) is 5.27. The van der Waals surface area contributed by atoms with E-state index in [-0.39, 0.29) is 18.1 Å². The molecule has 3 aromatic rings. The molecule has 7 nitrogen and oxygen atoms in total. The Morgan fingerprint density at radius 3 is 2.41 bits per heavy atom. The predicted molar refractivity (Wildman–Crippen MR) is 116 cm³/mol. The van der Waals surface area contributed by atoms with E-state index in [2.05, 4.69) is 25.1 Å². The lowest BCUT2D eigenvalue weighted by Crippen LogP contribution is -2.30. The zero-order valence-corrected chi connectivity index (χ0v) is 18.8. The summed E-state index contributed by atoms with van der Waals surface area (Å²) >= 11 is 0. The van der Waals surface area contributed by atoms with Crippen LogP contribution in [-0.4, -0.2) is 32.3 Å². The molecular formula is C23H27F2N5O2. The SMILES string of the molecule is CCC(NC(=O)Cc1c(C)nn(-c2nc(C)cc(C)n2)c1C)c1ccccc1OC(F)F. The van der Waals surface area contributed by atoms with Crippen molar-refractivity contribution in [3.05, 3.63) is 64.2 Å². The van der Waals surface area contributed by atoms with Crippen LogP contribution in [0.15, 0.2) is 30.3 Å². The number of carbonyl (C=O) groups is 1. The van der Waals surface area contributed by atoms with Gasteiger partial charge in [0.05, 0.1) is 18.2 Å². The number of nitrogens with zero attached hydrogens (tertiary/aromatic N) is 4. The minimum atomic E-state index is -2.94. The number of para-hydroxylation sites is 1. The number of aromatic nitrogens is 4. The Morgan fingerprint density at radius 2 is 1.78 bits per heavy atom. The fourth-order valence-electron chi connectivity index (χ4n) is 3.70. The molecule has 0 radical (unpaired) electrons. The summed E-state index contributed by atoms with van der Waals surface area (Å²) in [7, 11) is 0. The molecule has 2 heterocycles. The summed E-state index contributed by atoms with van der Waals surface area (Å²) < 4.78 is 31.8. The van der Waals surface area contributed by atoms with Crippen molar-refractivity contribution in [2.24, 2.45) is 0 Å². The maximum Gasteiger partial charge on any atom is 0.387 e. The molecule has 1 unspecified atom stereocenters. The van der Waals surface area contributed by atoms with Gasteiger partial charge in [0.25, 0.3) is 5.95 Å². The Hall–Kier alpha value is -3.36. The molecule has 0 fully saturated rings. The molecule has 2 aromatic heterocycles. The van der Waals surface area contributed by atoms with Gasteiger partial charge in [-0.05, 0) is 46.2 Å². The van der Waals surface area contributed by atoms with Crippen molar-refractivity contribution in [3.63, 3.8) is 0 Å². The average Bonchev–Trinajstić information content (AvgIpc) is 3.00. The second kappa shape index (κ2) is 9.84. The number of benzene rings is 1. The topological polar surface area (TPSA) is 81.9 Å². The number of hydrogen-bond acceptors (Lipinski definition) is 5. The summed E-state index contributed by atoms with van der Waals surface area (Å²) in [5.41, 5.74) is 4.42. The van der Waals surface area contributed by atoms with E-state index in [1.165, 1.54) is 6.07 Å². The van der Waals surface area contributed by atoms with Crippen LogP contribution in [0.2, 0.25) is 0 Å². The standard InChI is InChI=1S/C23H27F2N5O2/c1-6-19(17-9-7-8-10-20(17)32-22(24)25)28-21(31)12-18-15(4)29-30(16(18)5)23-26-13(2)11-14(3)27-23/h7-11,19,22H,6,12H2,1-5H3,(H,28,31). The minimum Gasteiger partial charge on any atom is -0.434 e. The number of ether oxygens (including phenoxy) is 1. The van der Waals surface area contributed by atoms with E-state index in [4.69, 9.17) is 0 Å². The van der Waals surface area contributed by atoms with Gasteiger partial charge >= 0.3 is 6.61 Å². The van der Waals surface area contributed by atoms with E-state index in [0.29, 0.717) is 23.6 Å². The first-order valence-electron chi connectivity index (χ1n) is 10.4. The van der Waals surface area contributed by atoms with E-state index in [1.807, 2.05) is 40.7 Å². The van der Waals surface area contributed by atoms with Crippen molar-refractivity contribution >= 4 is 5.91 Å². The van der Waals surface area contributed by atoms with Gasteiger partial charge in [-0.1, -0.05) is 25.1 Å². The average molecular weight is 443 g/mol. The molecule has 3 rings (SSSR count). The predicted octanol–water partition coefficient (Wildman–Crippen LogP) is 4.31. The molecule has 0 aliphatic rings. The van der Waals surface area contributed by atoms with Crippen LogP contribution in [-0.2, 0) is 11.2 Å². The highest BCUT2D eigenvalue weighted by atomic mass is 19.3. The van der Waals surface area contributed by atoms with Crippen molar-refractivity contribution in [2.45, 2.75) is 60.1 Å². The highest BCUT2D eigenvalue weighted by Crippen LogP contribution is 2.28. The Labute approximate surface area is 185 Å². The lowest BCUT2D eigenvalue weighted by atomic mass is 10.0. The fourth-order valence-corrected chi connectivity index (χ4v) is 3.70. The number of aryl methyl sites for hydroxylation is 3. The van der Waals surface area contributed by atoms with Crippen molar-refractivity contribution < 1.29 is 18.3 Å². The lowest BCUT2D eigenvalue weighted by Gasteiger charge is -2.20. The Morgan fingerprint density at radius 1 is 1.12 bits per heavy atom. The highest BCUT2D eigenvalue weighted by molar-refractivity contribution is 5.79. The van der Waals surface area contributed by atoms with Crippen LogP contribution in [0.5, 0.6) is 5.75 Å². The van der Waals surface area contributed by atoms with Gasteiger partial charge in [-0.2, -0.15) is 13.9 Å². The van der Waals surface area contributed by atoms with Crippen LogP contribution in [0.1, 0.15) is 53.3 Å². The number of halogens is 2. The molecular weight excluding hydrogens is 416 g/mol. The van der Waals surface area contributed by atoms with Crippen molar-refractivity contribution in [2.75, 3.05) is 0 Å². The van der Waals surface area contributed by atoms with Crippen LogP contribution in [0, 0.1) is 27.7 Å². The van der Waals surface area contributed by atoms with Gasteiger partial charge in [0, 0.05) is 28.2 Å². The zero-order valence-electron chi connectivity index (χ0n) is 18.8. The highest BCUT2D eigenvalue weighted by Gasteiger charge is 2.22. The number of nitrogens with one attached hydrogen (secondary N) is 1. The summed E-state index contributed by atoms with van der Waals surface area (Å²) in [4.78, 5) is 21.8. The van der Waals surface area contributed by atoms with Crippen LogP contribution in [0.4, 0.5) is 8.78 Å². The van der Waals surface area contributed by atoms with E-state index in [0.717, 1.165) is 22.6 Å². The molecule has 0 aliphatic heterocycles. The van der Waals surface area contributed by atoms with E-state index >= 15 is 0 Å². The van der Waals surface area contributed by atoms with Crippen molar-refractivity contribution in [3.8, 4) is 11.7 Å². The van der Waals surface area contributed by atoms with E-state index in [1.54, 1.807) is 22.9 Å². The van der Waals surface area contributed by atoms with Gasteiger partial charge in [-0.25, -0.2) is 14.6 Å². The molecule has 1 atom stereocenters. The first-order chi connectivity index (χ1) is 15.2. The van der Waals surface area contributed by atoms with E-state index in [9.17, 15) is 13.6 Å². The molecule has 1 amide bonds. The monoisotopic (exact) mass is 443 g/mol. The summed E-state index contributed by atoms with van der Waals surface area (Å²) in [5.74, 6) is 0.275. The number of rotatable bonds is 8. The van der Waals surface area contributed by atoms with Crippen molar-refractivity contribution in [1.82, 2.24) is 25.1 Å². The Balaban J connectivity index is 1.81. The number of hydrogen-bond donors (Lipinski definition) is 1. The second-order valence-electron chi connectivity index (χ2n) is 7.63. The molecule has 1 aromatic carbocycles. The molecule has 32 heavy (non-hydrogen) atoms. The quantitative estimate of drug-likeness (QED) is 0.561. The lowest BCUT2D eigenvalue weighted by molar-refractivity contribution is -0.121. The van der Waals surface area contributed by atoms with Gasteiger partial charge in [0.15, 0.2) is 0 Å².